The standard InChI is InChI=1S/C14H22N4O/c1-14(2,3)11-7-12(17-8-16-11)18-10-5-9(6-10)13(19)15-4/h7-10H,5-6H2,1-4H3,(H,15,19)(H,16,17,18)/t9-,10+. The maximum absolute atomic E-state index is 11.4. The fourth-order valence-electron chi connectivity index (χ4n) is 2.21. The Kier molecular flexibility index (Phi) is 3.73. The molecule has 1 aliphatic rings. The van der Waals surface area contributed by atoms with Crippen LogP contribution in [0.25, 0.3) is 0 Å². The van der Waals surface area contributed by atoms with Gasteiger partial charge < -0.3 is 10.6 Å². The van der Waals surface area contributed by atoms with Crippen LogP contribution in [-0.4, -0.2) is 29.0 Å². The Labute approximate surface area is 114 Å². The van der Waals surface area contributed by atoms with Gasteiger partial charge in [-0.15, -0.1) is 0 Å². The minimum absolute atomic E-state index is 0.0175. The Balaban J connectivity index is 1.93. The lowest BCUT2D eigenvalue weighted by molar-refractivity contribution is -0.127. The van der Waals surface area contributed by atoms with E-state index >= 15 is 0 Å². The van der Waals surface area contributed by atoms with Crippen molar-refractivity contribution in [3.8, 4) is 0 Å². The summed E-state index contributed by atoms with van der Waals surface area (Å²) in [6.45, 7) is 6.39. The second-order valence-corrected chi connectivity index (χ2v) is 6.16. The molecule has 1 fully saturated rings. The van der Waals surface area contributed by atoms with Crippen LogP contribution < -0.4 is 10.6 Å². The molecule has 5 nitrogen and oxygen atoms in total. The van der Waals surface area contributed by atoms with Crippen molar-refractivity contribution in [1.29, 1.82) is 0 Å². The molecule has 0 atom stereocenters. The summed E-state index contributed by atoms with van der Waals surface area (Å²) >= 11 is 0. The van der Waals surface area contributed by atoms with Crippen LogP contribution in [0.1, 0.15) is 39.3 Å². The van der Waals surface area contributed by atoms with E-state index < -0.39 is 0 Å². The molecule has 104 valence electrons. The summed E-state index contributed by atoms with van der Waals surface area (Å²) < 4.78 is 0. The van der Waals surface area contributed by atoms with E-state index in [2.05, 4.69) is 41.4 Å². The van der Waals surface area contributed by atoms with Crippen LogP contribution in [0.4, 0.5) is 5.82 Å². The minimum atomic E-state index is 0.0175. The summed E-state index contributed by atoms with van der Waals surface area (Å²) in [5.41, 5.74) is 1.04. The molecule has 2 rings (SSSR count). The Morgan fingerprint density at radius 1 is 1.32 bits per heavy atom. The highest BCUT2D eigenvalue weighted by atomic mass is 16.1. The highest BCUT2D eigenvalue weighted by molar-refractivity contribution is 5.79. The molecule has 0 bridgehead atoms. The molecule has 0 aliphatic heterocycles. The van der Waals surface area contributed by atoms with E-state index in [-0.39, 0.29) is 17.2 Å². The molecule has 0 aromatic carbocycles. The number of aromatic nitrogens is 2. The van der Waals surface area contributed by atoms with Gasteiger partial charge in [0.05, 0.1) is 5.69 Å². The first-order chi connectivity index (χ1) is 8.90. The zero-order valence-electron chi connectivity index (χ0n) is 12.0. The van der Waals surface area contributed by atoms with Crippen LogP contribution in [0.15, 0.2) is 12.4 Å². The average Bonchev–Trinajstić information content (AvgIpc) is 2.31. The molecule has 1 saturated carbocycles. The quantitative estimate of drug-likeness (QED) is 0.870. The van der Waals surface area contributed by atoms with Gasteiger partial charge in [0.15, 0.2) is 0 Å². The van der Waals surface area contributed by atoms with Crippen LogP contribution in [-0.2, 0) is 10.2 Å². The molecule has 1 aromatic heterocycles. The molecule has 1 aromatic rings. The van der Waals surface area contributed by atoms with E-state index in [1.54, 1.807) is 13.4 Å². The first-order valence-electron chi connectivity index (χ1n) is 6.71. The van der Waals surface area contributed by atoms with Crippen molar-refractivity contribution in [2.24, 2.45) is 5.92 Å². The van der Waals surface area contributed by atoms with E-state index in [1.807, 2.05) is 6.07 Å². The average molecular weight is 262 g/mol. The van der Waals surface area contributed by atoms with Crippen molar-refractivity contribution < 1.29 is 4.79 Å². The molecule has 5 heteroatoms. The summed E-state index contributed by atoms with van der Waals surface area (Å²) in [5.74, 6) is 1.13. The fourth-order valence-corrected chi connectivity index (χ4v) is 2.21. The first-order valence-corrected chi connectivity index (χ1v) is 6.71. The Bertz CT molecular complexity index is 461. The minimum Gasteiger partial charge on any atom is -0.367 e. The number of carbonyl (C=O) groups is 1. The third kappa shape index (κ3) is 3.22. The van der Waals surface area contributed by atoms with Crippen molar-refractivity contribution in [2.45, 2.75) is 45.1 Å². The number of hydrogen-bond acceptors (Lipinski definition) is 4. The van der Waals surface area contributed by atoms with Crippen molar-refractivity contribution in [3.63, 3.8) is 0 Å². The van der Waals surface area contributed by atoms with Crippen LogP contribution in [0, 0.1) is 5.92 Å². The molecule has 2 N–H and O–H groups in total. The maximum Gasteiger partial charge on any atom is 0.223 e. The fraction of sp³-hybridized carbons (Fsp3) is 0.643. The maximum atomic E-state index is 11.4. The number of carbonyl (C=O) groups excluding carboxylic acids is 1. The van der Waals surface area contributed by atoms with Gasteiger partial charge in [-0.3, -0.25) is 4.79 Å². The van der Waals surface area contributed by atoms with Gasteiger partial charge in [-0.05, 0) is 12.8 Å². The van der Waals surface area contributed by atoms with Crippen LogP contribution >= 0.6 is 0 Å². The summed E-state index contributed by atoms with van der Waals surface area (Å²) in [7, 11) is 1.68. The van der Waals surface area contributed by atoms with Gasteiger partial charge in [-0.2, -0.15) is 0 Å². The number of nitrogens with zero attached hydrogens (tertiary/aromatic N) is 2. The molecule has 1 amide bonds. The Morgan fingerprint density at radius 2 is 2.00 bits per heavy atom. The summed E-state index contributed by atoms with van der Waals surface area (Å²) in [6.07, 6.45) is 3.33. The normalized spacial score (nSPS) is 22.5. The molecule has 19 heavy (non-hydrogen) atoms. The van der Waals surface area contributed by atoms with Gasteiger partial charge in [0.2, 0.25) is 5.91 Å². The number of anilines is 1. The van der Waals surface area contributed by atoms with E-state index in [0.717, 1.165) is 24.4 Å². The van der Waals surface area contributed by atoms with Crippen molar-refractivity contribution in [2.75, 3.05) is 12.4 Å². The van der Waals surface area contributed by atoms with Gasteiger partial charge in [0.1, 0.15) is 12.1 Å². The summed E-state index contributed by atoms with van der Waals surface area (Å²) in [4.78, 5) is 20.0. The second-order valence-electron chi connectivity index (χ2n) is 6.16. The number of rotatable bonds is 3. The summed E-state index contributed by atoms with van der Waals surface area (Å²) in [6, 6.07) is 2.33. The van der Waals surface area contributed by atoms with Gasteiger partial charge in [-0.25, -0.2) is 9.97 Å². The number of nitrogens with one attached hydrogen (secondary N) is 2. The predicted octanol–water partition coefficient (Wildman–Crippen LogP) is 1.71. The molecule has 0 unspecified atom stereocenters. The zero-order valence-corrected chi connectivity index (χ0v) is 12.0. The van der Waals surface area contributed by atoms with Gasteiger partial charge >= 0.3 is 0 Å². The molecular weight excluding hydrogens is 240 g/mol. The molecule has 0 spiro atoms. The van der Waals surface area contributed by atoms with E-state index in [9.17, 15) is 4.79 Å². The molecule has 0 saturated heterocycles. The lowest BCUT2D eigenvalue weighted by Gasteiger charge is -2.34. The summed E-state index contributed by atoms with van der Waals surface area (Å²) in [5, 5.41) is 6.06. The number of amides is 1. The lowest BCUT2D eigenvalue weighted by Crippen LogP contribution is -2.43. The largest absolute Gasteiger partial charge is 0.367 e. The van der Waals surface area contributed by atoms with Crippen molar-refractivity contribution >= 4 is 11.7 Å². The second kappa shape index (κ2) is 5.15. The molecule has 1 heterocycles. The third-order valence-corrected chi connectivity index (χ3v) is 3.54. The first kappa shape index (κ1) is 13.8. The highest BCUT2D eigenvalue weighted by Crippen LogP contribution is 2.30. The van der Waals surface area contributed by atoms with E-state index in [0.29, 0.717) is 6.04 Å². The van der Waals surface area contributed by atoms with Gasteiger partial charge in [0, 0.05) is 30.5 Å². The molecule has 0 radical (unpaired) electrons. The van der Waals surface area contributed by atoms with Gasteiger partial charge in [0.25, 0.3) is 0 Å². The molecular formula is C14H22N4O. The Hall–Kier alpha value is -1.65. The predicted molar refractivity (Wildman–Crippen MR) is 74.9 cm³/mol. The Morgan fingerprint density at radius 3 is 2.58 bits per heavy atom. The third-order valence-electron chi connectivity index (χ3n) is 3.54. The van der Waals surface area contributed by atoms with Crippen LogP contribution in [0.3, 0.4) is 0 Å². The van der Waals surface area contributed by atoms with Gasteiger partial charge in [-0.1, -0.05) is 20.8 Å². The zero-order chi connectivity index (χ0) is 14.0. The van der Waals surface area contributed by atoms with E-state index in [1.165, 1.54) is 0 Å². The SMILES string of the molecule is CNC(=O)[C@H]1C[C@@H](Nc2cc(C(C)(C)C)ncn2)C1. The monoisotopic (exact) mass is 262 g/mol. The van der Waals surface area contributed by atoms with Crippen LogP contribution in [0.5, 0.6) is 0 Å². The van der Waals surface area contributed by atoms with E-state index in [4.69, 9.17) is 0 Å². The lowest BCUT2D eigenvalue weighted by atomic mass is 9.79. The topological polar surface area (TPSA) is 66.9 Å². The van der Waals surface area contributed by atoms with Crippen molar-refractivity contribution in [3.05, 3.63) is 18.1 Å². The molecule has 1 aliphatic carbocycles. The highest BCUT2D eigenvalue weighted by Gasteiger charge is 2.34. The van der Waals surface area contributed by atoms with Crippen molar-refractivity contribution in [1.82, 2.24) is 15.3 Å². The number of hydrogen-bond donors (Lipinski definition) is 2. The smallest absolute Gasteiger partial charge is 0.223 e. The van der Waals surface area contributed by atoms with Crippen LogP contribution in [0.2, 0.25) is 0 Å².